The van der Waals surface area contributed by atoms with Crippen molar-refractivity contribution in [3.63, 3.8) is 0 Å². The summed E-state index contributed by atoms with van der Waals surface area (Å²) in [5.41, 5.74) is 1.06. The van der Waals surface area contributed by atoms with Gasteiger partial charge in [0.15, 0.2) is 24.7 Å². The van der Waals surface area contributed by atoms with Gasteiger partial charge in [-0.25, -0.2) is 9.48 Å². The summed E-state index contributed by atoms with van der Waals surface area (Å²) >= 11 is 0. The maximum atomic E-state index is 13.0. The minimum Gasteiger partial charge on any atom is -0.482 e. The number of nitrogens with zero attached hydrogens (tertiary/aromatic N) is 2. The number of rotatable bonds is 6. The van der Waals surface area contributed by atoms with E-state index < -0.39 is 18.4 Å². The van der Waals surface area contributed by atoms with E-state index in [1.807, 2.05) is 30.3 Å². The lowest BCUT2D eigenvalue weighted by Gasteiger charge is -2.18. The normalized spacial score (nSPS) is 12.4. The van der Waals surface area contributed by atoms with Gasteiger partial charge < -0.3 is 14.8 Å². The van der Waals surface area contributed by atoms with Crippen LogP contribution in [0.5, 0.6) is 5.75 Å². The Morgan fingerprint density at radius 1 is 0.971 bits per heavy atom. The Morgan fingerprint density at radius 2 is 1.71 bits per heavy atom. The summed E-state index contributed by atoms with van der Waals surface area (Å²) in [6.45, 7) is -0.460. The van der Waals surface area contributed by atoms with Crippen molar-refractivity contribution in [2.45, 2.75) is 6.54 Å². The first-order chi connectivity index (χ1) is 17.0. The molecule has 0 bridgehead atoms. The fourth-order valence-electron chi connectivity index (χ4n) is 3.79. The fourth-order valence-corrected chi connectivity index (χ4v) is 3.79. The average Bonchev–Trinajstić information content (AvgIpc) is 2.89. The molecule has 1 amide bonds. The molecular weight excluding hydrogens is 450 g/mol. The zero-order valence-electron chi connectivity index (χ0n) is 18.4. The molecule has 1 N–H and O–H groups in total. The van der Waals surface area contributed by atoms with Gasteiger partial charge in [-0.05, 0) is 29.8 Å². The van der Waals surface area contributed by atoms with Crippen LogP contribution < -0.4 is 15.6 Å². The van der Waals surface area contributed by atoms with Crippen LogP contribution in [0.25, 0.3) is 10.8 Å². The molecule has 0 atom stereocenters. The van der Waals surface area contributed by atoms with Gasteiger partial charge in [-0.2, -0.15) is 5.10 Å². The molecule has 9 nitrogen and oxygen atoms in total. The summed E-state index contributed by atoms with van der Waals surface area (Å²) in [5, 5.41) is 7.56. The Kier molecular flexibility index (Phi) is 5.80. The van der Waals surface area contributed by atoms with Crippen molar-refractivity contribution in [3.8, 4) is 5.75 Å². The summed E-state index contributed by atoms with van der Waals surface area (Å²) in [4.78, 5) is 50.1. The zero-order valence-corrected chi connectivity index (χ0v) is 18.4. The number of amides is 1. The predicted molar refractivity (Wildman–Crippen MR) is 127 cm³/mol. The van der Waals surface area contributed by atoms with Crippen molar-refractivity contribution in [2.24, 2.45) is 0 Å². The van der Waals surface area contributed by atoms with Crippen LogP contribution in [0.15, 0.2) is 77.6 Å². The minimum absolute atomic E-state index is 0.0602. The van der Waals surface area contributed by atoms with E-state index in [-0.39, 0.29) is 35.9 Å². The quantitative estimate of drug-likeness (QED) is 0.341. The summed E-state index contributed by atoms with van der Waals surface area (Å²) < 4.78 is 11.8. The van der Waals surface area contributed by atoms with E-state index in [0.29, 0.717) is 22.2 Å². The number of benzene rings is 3. The third-order valence-electron chi connectivity index (χ3n) is 5.51. The van der Waals surface area contributed by atoms with Crippen molar-refractivity contribution >= 4 is 34.1 Å². The van der Waals surface area contributed by atoms with Crippen molar-refractivity contribution in [1.29, 1.82) is 0 Å². The number of aromatic nitrogens is 2. The Labute approximate surface area is 198 Å². The number of hydrogen-bond acceptors (Lipinski definition) is 7. The van der Waals surface area contributed by atoms with E-state index in [9.17, 15) is 19.2 Å². The van der Waals surface area contributed by atoms with E-state index >= 15 is 0 Å². The second kappa shape index (κ2) is 9.22. The summed E-state index contributed by atoms with van der Waals surface area (Å²) in [7, 11) is 0. The molecule has 0 saturated carbocycles. The van der Waals surface area contributed by atoms with E-state index in [4.69, 9.17) is 9.47 Å². The van der Waals surface area contributed by atoms with E-state index in [2.05, 4.69) is 10.4 Å². The second-order valence-electron chi connectivity index (χ2n) is 7.89. The molecule has 0 saturated heterocycles. The van der Waals surface area contributed by atoms with Gasteiger partial charge >= 0.3 is 5.97 Å². The van der Waals surface area contributed by atoms with E-state index in [1.54, 1.807) is 30.3 Å². The van der Waals surface area contributed by atoms with Crippen LogP contribution in [-0.4, -0.2) is 40.7 Å². The summed E-state index contributed by atoms with van der Waals surface area (Å²) in [6, 6.07) is 20.5. The molecule has 0 spiro atoms. The molecule has 1 aromatic heterocycles. The van der Waals surface area contributed by atoms with Crippen LogP contribution >= 0.6 is 0 Å². The largest absolute Gasteiger partial charge is 0.482 e. The van der Waals surface area contributed by atoms with Gasteiger partial charge in [0.25, 0.3) is 11.5 Å². The molecule has 35 heavy (non-hydrogen) atoms. The number of ketones is 1. The number of esters is 1. The Hall–Kier alpha value is -4.79. The predicted octanol–water partition coefficient (Wildman–Crippen LogP) is 2.82. The number of hydrogen-bond donors (Lipinski definition) is 1. The molecule has 174 valence electrons. The fraction of sp³-hybridized carbons (Fsp3) is 0.115. The molecule has 0 unspecified atom stereocenters. The van der Waals surface area contributed by atoms with Gasteiger partial charge in [-0.15, -0.1) is 0 Å². The molecule has 9 heteroatoms. The highest BCUT2D eigenvalue weighted by Gasteiger charge is 2.21. The van der Waals surface area contributed by atoms with Gasteiger partial charge in [-0.3, -0.25) is 14.4 Å². The lowest BCUT2D eigenvalue weighted by Crippen LogP contribution is -2.27. The minimum atomic E-state index is -0.828. The van der Waals surface area contributed by atoms with Crippen LogP contribution in [0.4, 0.5) is 5.69 Å². The lowest BCUT2D eigenvalue weighted by atomic mass is 10.1. The van der Waals surface area contributed by atoms with Gasteiger partial charge in [0.1, 0.15) is 5.75 Å². The number of carbonyl (C=O) groups is 3. The maximum Gasteiger partial charge on any atom is 0.359 e. The average molecular weight is 469 g/mol. The van der Waals surface area contributed by atoms with Gasteiger partial charge in [-0.1, -0.05) is 48.5 Å². The van der Waals surface area contributed by atoms with Crippen molar-refractivity contribution in [1.82, 2.24) is 9.78 Å². The molecule has 4 aromatic rings. The molecule has 2 heterocycles. The topological polar surface area (TPSA) is 117 Å². The molecule has 0 fully saturated rings. The monoisotopic (exact) mass is 469 g/mol. The number of nitrogens with one attached hydrogen (secondary N) is 1. The molecule has 0 radical (unpaired) electrons. The van der Waals surface area contributed by atoms with Crippen LogP contribution in [0, 0.1) is 0 Å². The van der Waals surface area contributed by atoms with Crippen molar-refractivity contribution in [2.75, 3.05) is 18.5 Å². The SMILES string of the molecule is O=C1COc2ccc(C(=O)COC(=O)c3nn(Cc4ccccc4)c(=O)c4ccccc34)cc2N1. The zero-order chi connectivity index (χ0) is 24.4. The second-order valence-corrected chi connectivity index (χ2v) is 7.89. The van der Waals surface area contributed by atoms with Crippen LogP contribution in [0.1, 0.15) is 26.4 Å². The third-order valence-corrected chi connectivity index (χ3v) is 5.51. The Balaban J connectivity index is 1.39. The molecule has 3 aromatic carbocycles. The van der Waals surface area contributed by atoms with Gasteiger partial charge in [0.05, 0.1) is 17.6 Å². The standard InChI is InChI=1S/C26H19N3O6/c30-21(17-10-11-22-20(12-17)27-23(31)15-34-22)14-35-26(33)24-18-8-4-5-9-19(18)25(32)29(28-24)13-16-6-2-1-3-7-16/h1-12H,13-15H2,(H,27,31). The van der Waals surface area contributed by atoms with Crippen LogP contribution in [-0.2, 0) is 16.1 Å². The van der Waals surface area contributed by atoms with Crippen LogP contribution in [0.3, 0.4) is 0 Å². The highest BCUT2D eigenvalue weighted by Crippen LogP contribution is 2.28. The number of fused-ring (bicyclic) bond motifs is 2. The Bertz CT molecular complexity index is 1530. The van der Waals surface area contributed by atoms with Gasteiger partial charge in [0.2, 0.25) is 0 Å². The number of carbonyl (C=O) groups excluding carboxylic acids is 3. The van der Waals surface area contributed by atoms with E-state index in [1.165, 1.54) is 16.8 Å². The third kappa shape index (κ3) is 4.51. The molecule has 5 rings (SSSR count). The summed E-state index contributed by atoms with van der Waals surface area (Å²) in [5.74, 6) is -1.17. The first kappa shape index (κ1) is 22.0. The summed E-state index contributed by atoms with van der Waals surface area (Å²) in [6.07, 6.45) is 0. The molecule has 1 aliphatic heterocycles. The number of anilines is 1. The highest BCUT2D eigenvalue weighted by atomic mass is 16.5. The molecular formula is C26H19N3O6. The Morgan fingerprint density at radius 3 is 2.51 bits per heavy atom. The lowest BCUT2D eigenvalue weighted by molar-refractivity contribution is -0.118. The number of Topliss-reactive ketones (excluding diaryl/α,β-unsaturated/α-hetero) is 1. The van der Waals surface area contributed by atoms with E-state index in [0.717, 1.165) is 5.56 Å². The first-order valence-electron chi connectivity index (χ1n) is 10.8. The van der Waals surface area contributed by atoms with Crippen molar-refractivity contribution in [3.05, 3.63) is 100.0 Å². The van der Waals surface area contributed by atoms with Crippen LogP contribution in [0.2, 0.25) is 0 Å². The first-order valence-corrected chi connectivity index (χ1v) is 10.8. The number of ether oxygens (including phenoxy) is 2. The highest BCUT2D eigenvalue weighted by molar-refractivity contribution is 6.05. The van der Waals surface area contributed by atoms with Gasteiger partial charge in [0, 0.05) is 10.9 Å². The maximum absolute atomic E-state index is 13.0. The molecule has 0 aliphatic carbocycles. The van der Waals surface area contributed by atoms with Crippen molar-refractivity contribution < 1.29 is 23.9 Å². The molecule has 1 aliphatic rings. The smallest absolute Gasteiger partial charge is 0.359 e.